The van der Waals surface area contributed by atoms with Gasteiger partial charge in [0.25, 0.3) is 0 Å². The van der Waals surface area contributed by atoms with Gasteiger partial charge in [-0.3, -0.25) is 9.55 Å². The first-order chi connectivity index (χ1) is 22.8. The molecule has 6 aromatic carbocycles. The molecule has 5 heteroatoms. The van der Waals surface area contributed by atoms with Crippen LogP contribution in [0.15, 0.2) is 140 Å². The summed E-state index contributed by atoms with van der Waals surface area (Å²) in [6, 6.07) is 47.4. The Morgan fingerprint density at radius 1 is 0.478 bits per heavy atom. The Bertz CT molecular complexity index is 3020. The van der Waals surface area contributed by atoms with Crippen molar-refractivity contribution in [3.63, 3.8) is 0 Å². The molecule has 5 heterocycles. The van der Waals surface area contributed by atoms with Gasteiger partial charge in [-0.25, -0.2) is 9.97 Å². The first-order valence-corrected chi connectivity index (χ1v) is 15.6. The van der Waals surface area contributed by atoms with Crippen molar-refractivity contribution >= 4 is 81.7 Å². The fraction of sp³-hybridized carbons (Fsp3) is 0. The molecule has 0 N–H and O–H groups in total. The van der Waals surface area contributed by atoms with E-state index in [0.717, 1.165) is 33.3 Å². The molecule has 0 aliphatic carbocycles. The zero-order valence-electron chi connectivity index (χ0n) is 24.5. The van der Waals surface area contributed by atoms with E-state index >= 15 is 0 Å². The predicted octanol–water partition coefficient (Wildman–Crippen LogP) is 10.1. The highest BCUT2D eigenvalue weighted by Gasteiger charge is 2.26. The van der Waals surface area contributed by atoms with Gasteiger partial charge < -0.3 is 4.40 Å². The molecule has 0 saturated heterocycles. The lowest BCUT2D eigenvalue weighted by Crippen LogP contribution is -2.04. The third-order valence-corrected chi connectivity index (χ3v) is 9.67. The van der Waals surface area contributed by atoms with Crippen LogP contribution in [-0.4, -0.2) is 23.9 Å². The lowest BCUT2D eigenvalue weighted by molar-refractivity contribution is 1.01. The van der Waals surface area contributed by atoms with Crippen molar-refractivity contribution in [2.24, 2.45) is 0 Å². The average molecular weight is 586 g/mol. The molecule has 0 aliphatic heterocycles. The minimum absolute atomic E-state index is 0.637. The average Bonchev–Trinajstić information content (AvgIpc) is 3.76. The fourth-order valence-electron chi connectivity index (χ4n) is 7.82. The van der Waals surface area contributed by atoms with Crippen LogP contribution < -0.4 is 0 Å². The third-order valence-electron chi connectivity index (χ3n) is 9.67. The summed E-state index contributed by atoms with van der Waals surface area (Å²) in [6.45, 7) is 0. The largest absolute Gasteiger partial charge is 0.307 e. The maximum Gasteiger partial charge on any atom is 0.235 e. The van der Waals surface area contributed by atoms with Gasteiger partial charge in [-0.2, -0.15) is 0 Å². The van der Waals surface area contributed by atoms with E-state index in [1.165, 1.54) is 59.6 Å². The number of aromatic nitrogens is 5. The van der Waals surface area contributed by atoms with E-state index in [2.05, 4.69) is 112 Å². The summed E-state index contributed by atoms with van der Waals surface area (Å²) in [5, 5.41) is 9.81. The highest BCUT2D eigenvalue weighted by Crippen LogP contribution is 2.47. The van der Waals surface area contributed by atoms with E-state index in [1.807, 2.05) is 36.5 Å². The monoisotopic (exact) mass is 585 g/mol. The van der Waals surface area contributed by atoms with Gasteiger partial charge in [0.2, 0.25) is 5.95 Å². The molecule has 5 nitrogen and oxygen atoms in total. The van der Waals surface area contributed by atoms with Crippen LogP contribution in [0.4, 0.5) is 0 Å². The molecule has 0 saturated carbocycles. The molecule has 5 aromatic heterocycles. The van der Waals surface area contributed by atoms with Crippen molar-refractivity contribution in [2.75, 3.05) is 0 Å². The van der Waals surface area contributed by atoms with Crippen LogP contribution in [0.2, 0.25) is 0 Å². The molecule has 0 unspecified atom stereocenters. The van der Waals surface area contributed by atoms with Crippen molar-refractivity contribution in [1.29, 1.82) is 0 Å². The van der Waals surface area contributed by atoms with Crippen molar-refractivity contribution in [3.8, 4) is 17.2 Å². The molecule has 212 valence electrons. The van der Waals surface area contributed by atoms with Crippen LogP contribution in [0.25, 0.3) is 98.9 Å². The highest BCUT2D eigenvalue weighted by molar-refractivity contribution is 6.36. The fourth-order valence-corrected chi connectivity index (χ4v) is 7.82. The lowest BCUT2D eigenvalue weighted by atomic mass is 10.0. The van der Waals surface area contributed by atoms with Gasteiger partial charge in [0.15, 0.2) is 0 Å². The Morgan fingerprint density at radius 3 is 2.07 bits per heavy atom. The summed E-state index contributed by atoms with van der Waals surface area (Å²) in [5.74, 6) is 0.637. The summed E-state index contributed by atoms with van der Waals surface area (Å²) < 4.78 is 4.77. The topological polar surface area (TPSA) is 48.0 Å². The normalized spacial score (nSPS) is 12.3. The molecule has 11 aromatic rings. The van der Waals surface area contributed by atoms with Crippen molar-refractivity contribution < 1.29 is 0 Å². The third kappa shape index (κ3) is 2.97. The van der Waals surface area contributed by atoms with E-state index in [0.29, 0.717) is 5.95 Å². The van der Waals surface area contributed by atoms with Crippen LogP contribution in [0.1, 0.15) is 0 Å². The molecule has 0 spiro atoms. The number of benzene rings is 6. The molecule has 0 radical (unpaired) electrons. The van der Waals surface area contributed by atoms with Gasteiger partial charge >= 0.3 is 0 Å². The van der Waals surface area contributed by atoms with Crippen LogP contribution >= 0.6 is 0 Å². The number of pyridine rings is 1. The quantitative estimate of drug-likeness (QED) is 0.203. The van der Waals surface area contributed by atoms with Crippen molar-refractivity contribution in [3.05, 3.63) is 140 Å². The summed E-state index contributed by atoms with van der Waals surface area (Å²) in [6.07, 6.45) is 1.82. The SMILES string of the molecule is c1ccc(-c2nc(-n3c4ccccc4c4cc5c6ccccc6n6c7c8ccccc8ccc7c(c43)c56)nc3cccnc23)cc1. The second-order valence-corrected chi connectivity index (χ2v) is 12.0. The maximum atomic E-state index is 5.32. The van der Waals surface area contributed by atoms with E-state index in [9.17, 15) is 0 Å². The molecule has 0 atom stereocenters. The van der Waals surface area contributed by atoms with Gasteiger partial charge in [0, 0.05) is 49.5 Å². The molecule has 46 heavy (non-hydrogen) atoms. The Morgan fingerprint density at radius 2 is 1.20 bits per heavy atom. The first kappa shape index (κ1) is 24.0. The van der Waals surface area contributed by atoms with Gasteiger partial charge in [0.05, 0.1) is 33.1 Å². The Labute approximate surface area is 261 Å². The Kier molecular flexibility index (Phi) is 4.52. The van der Waals surface area contributed by atoms with E-state index in [1.54, 1.807) is 0 Å². The summed E-state index contributed by atoms with van der Waals surface area (Å²) in [4.78, 5) is 15.3. The molecule has 0 amide bonds. The smallest absolute Gasteiger partial charge is 0.235 e. The summed E-state index contributed by atoms with van der Waals surface area (Å²) in [5.41, 5.74) is 9.33. The number of fused-ring (bicyclic) bond motifs is 13. The van der Waals surface area contributed by atoms with Crippen molar-refractivity contribution in [1.82, 2.24) is 23.9 Å². The minimum Gasteiger partial charge on any atom is -0.307 e. The number of rotatable bonds is 2. The van der Waals surface area contributed by atoms with E-state index in [-0.39, 0.29) is 0 Å². The Hall–Kier alpha value is -6.33. The number of hydrogen-bond donors (Lipinski definition) is 0. The molecule has 11 rings (SSSR count). The molecular formula is C41H23N5. The minimum atomic E-state index is 0.637. The molecule has 0 aliphatic rings. The summed E-state index contributed by atoms with van der Waals surface area (Å²) >= 11 is 0. The molecule has 0 fully saturated rings. The first-order valence-electron chi connectivity index (χ1n) is 15.6. The van der Waals surface area contributed by atoms with Gasteiger partial charge in [-0.15, -0.1) is 0 Å². The van der Waals surface area contributed by atoms with Gasteiger partial charge in [-0.05, 0) is 35.7 Å². The van der Waals surface area contributed by atoms with Gasteiger partial charge in [0.1, 0.15) is 11.2 Å². The zero-order chi connectivity index (χ0) is 29.9. The number of hydrogen-bond acceptors (Lipinski definition) is 3. The lowest BCUT2D eigenvalue weighted by Gasteiger charge is -2.11. The van der Waals surface area contributed by atoms with Crippen LogP contribution in [-0.2, 0) is 0 Å². The van der Waals surface area contributed by atoms with Crippen LogP contribution in [0.5, 0.6) is 0 Å². The summed E-state index contributed by atoms with van der Waals surface area (Å²) in [7, 11) is 0. The number of nitrogens with zero attached hydrogens (tertiary/aromatic N) is 5. The highest BCUT2D eigenvalue weighted by atomic mass is 15.2. The second-order valence-electron chi connectivity index (χ2n) is 12.0. The van der Waals surface area contributed by atoms with E-state index < -0.39 is 0 Å². The molecular weight excluding hydrogens is 562 g/mol. The maximum absolute atomic E-state index is 5.32. The number of para-hydroxylation sites is 2. The standard InChI is InChI=1S/C41H23N5/c1-2-12-25(13-3-1)36-37-32(17-10-22-42-37)43-41(44-36)46-34-19-9-7-16-28(34)31-23-30-27-15-6-8-18-33(27)45-38-26-14-5-4-11-24(26)20-21-29(38)35(39(30)45)40(31)46/h1-23H. The van der Waals surface area contributed by atoms with Crippen LogP contribution in [0.3, 0.4) is 0 Å². The Balaban J connectivity index is 1.41. The molecule has 0 bridgehead atoms. The zero-order valence-corrected chi connectivity index (χ0v) is 24.5. The van der Waals surface area contributed by atoms with Gasteiger partial charge in [-0.1, -0.05) is 103 Å². The van der Waals surface area contributed by atoms with Crippen molar-refractivity contribution in [2.45, 2.75) is 0 Å². The predicted molar refractivity (Wildman–Crippen MR) is 189 cm³/mol. The second kappa shape index (κ2) is 8.65. The van der Waals surface area contributed by atoms with Crippen LogP contribution in [0, 0.1) is 0 Å². The van der Waals surface area contributed by atoms with E-state index in [4.69, 9.17) is 15.0 Å².